The molecule has 1 aromatic heterocycles. The smallest absolute Gasteiger partial charge is 0.220 e. The summed E-state index contributed by atoms with van der Waals surface area (Å²) in [7, 11) is 0. The monoisotopic (exact) mass is 261 g/mol. The molecule has 1 aliphatic rings. The molecular formula is C15H23N3O. The van der Waals surface area contributed by atoms with Gasteiger partial charge in [-0.25, -0.2) is 0 Å². The van der Waals surface area contributed by atoms with Gasteiger partial charge in [0, 0.05) is 24.4 Å². The number of carbonyl (C=O) groups excluding carboxylic acids is 1. The van der Waals surface area contributed by atoms with Crippen molar-refractivity contribution in [1.82, 2.24) is 9.88 Å². The van der Waals surface area contributed by atoms with E-state index in [1.807, 2.05) is 6.20 Å². The fourth-order valence-corrected chi connectivity index (χ4v) is 2.50. The Balaban J connectivity index is 1.87. The van der Waals surface area contributed by atoms with Crippen LogP contribution in [0.5, 0.6) is 0 Å². The lowest BCUT2D eigenvalue weighted by atomic mass is 9.96. The number of amides is 1. The van der Waals surface area contributed by atoms with Gasteiger partial charge in [0.05, 0.1) is 0 Å². The topological polar surface area (TPSA) is 59.2 Å². The number of hydrogen-bond acceptors (Lipinski definition) is 3. The lowest BCUT2D eigenvalue weighted by Crippen LogP contribution is -2.38. The van der Waals surface area contributed by atoms with Crippen molar-refractivity contribution >= 4 is 5.91 Å². The Morgan fingerprint density at radius 3 is 2.58 bits per heavy atom. The largest absolute Gasteiger partial charge is 0.369 e. The van der Waals surface area contributed by atoms with Gasteiger partial charge in [0.25, 0.3) is 0 Å². The Morgan fingerprint density at radius 2 is 2.11 bits per heavy atom. The first kappa shape index (κ1) is 14.0. The number of piperidine rings is 1. The van der Waals surface area contributed by atoms with Crippen LogP contribution >= 0.6 is 0 Å². The lowest BCUT2D eigenvalue weighted by molar-refractivity contribution is -0.123. The van der Waals surface area contributed by atoms with Gasteiger partial charge in [-0.1, -0.05) is 19.9 Å². The second-order valence-corrected chi connectivity index (χ2v) is 5.70. The summed E-state index contributed by atoms with van der Waals surface area (Å²) in [6.45, 7) is 7.10. The van der Waals surface area contributed by atoms with Crippen molar-refractivity contribution in [2.24, 2.45) is 11.7 Å². The molecule has 1 aliphatic heterocycles. The van der Waals surface area contributed by atoms with Crippen molar-refractivity contribution in [3.63, 3.8) is 0 Å². The molecule has 1 fully saturated rings. The van der Waals surface area contributed by atoms with Gasteiger partial charge in [0.15, 0.2) is 0 Å². The van der Waals surface area contributed by atoms with Crippen LogP contribution in [0.1, 0.15) is 43.9 Å². The van der Waals surface area contributed by atoms with Crippen LogP contribution in [0.25, 0.3) is 0 Å². The zero-order chi connectivity index (χ0) is 13.8. The third-order valence-electron chi connectivity index (χ3n) is 3.84. The number of nitrogens with two attached hydrogens (primary N) is 1. The van der Waals surface area contributed by atoms with Crippen molar-refractivity contribution in [1.29, 1.82) is 0 Å². The number of nitrogens with zero attached hydrogens (tertiary/aromatic N) is 2. The summed E-state index contributed by atoms with van der Waals surface area (Å²) in [6, 6.07) is 4.26. The van der Waals surface area contributed by atoms with Crippen LogP contribution in [-0.4, -0.2) is 28.9 Å². The van der Waals surface area contributed by atoms with Gasteiger partial charge in [-0.05, 0) is 43.5 Å². The van der Waals surface area contributed by atoms with E-state index in [1.165, 1.54) is 5.56 Å². The number of rotatable bonds is 4. The molecule has 0 bridgehead atoms. The Hall–Kier alpha value is -1.42. The highest BCUT2D eigenvalue weighted by Gasteiger charge is 2.22. The second kappa shape index (κ2) is 6.15. The molecule has 2 heterocycles. The second-order valence-electron chi connectivity index (χ2n) is 5.70. The van der Waals surface area contributed by atoms with Crippen LogP contribution in [-0.2, 0) is 11.3 Å². The Kier molecular flexibility index (Phi) is 4.53. The van der Waals surface area contributed by atoms with Gasteiger partial charge in [0.1, 0.15) is 0 Å². The van der Waals surface area contributed by atoms with E-state index in [-0.39, 0.29) is 11.8 Å². The Labute approximate surface area is 115 Å². The molecule has 1 amide bonds. The molecule has 4 nitrogen and oxygen atoms in total. The number of pyridine rings is 1. The summed E-state index contributed by atoms with van der Waals surface area (Å²) in [6.07, 6.45) is 3.73. The van der Waals surface area contributed by atoms with Gasteiger partial charge in [-0.3, -0.25) is 14.7 Å². The molecule has 1 aromatic rings. The Bertz CT molecular complexity index is 420. The fourth-order valence-electron chi connectivity index (χ4n) is 2.50. The van der Waals surface area contributed by atoms with Gasteiger partial charge < -0.3 is 5.73 Å². The predicted molar refractivity (Wildman–Crippen MR) is 75.5 cm³/mol. The van der Waals surface area contributed by atoms with Crippen LogP contribution in [0.2, 0.25) is 0 Å². The van der Waals surface area contributed by atoms with E-state index in [1.54, 1.807) is 0 Å². The molecule has 0 radical (unpaired) electrons. The van der Waals surface area contributed by atoms with Crippen molar-refractivity contribution < 1.29 is 4.79 Å². The van der Waals surface area contributed by atoms with Gasteiger partial charge in [-0.15, -0.1) is 0 Å². The molecule has 0 saturated carbocycles. The molecule has 2 N–H and O–H groups in total. The van der Waals surface area contributed by atoms with E-state index >= 15 is 0 Å². The molecular weight excluding hydrogens is 238 g/mol. The number of primary amides is 1. The fraction of sp³-hybridized carbons (Fsp3) is 0.600. The summed E-state index contributed by atoms with van der Waals surface area (Å²) in [4.78, 5) is 18.0. The molecule has 0 spiro atoms. The minimum absolute atomic E-state index is 0.0673. The maximum atomic E-state index is 11.1. The van der Waals surface area contributed by atoms with E-state index in [9.17, 15) is 4.79 Å². The van der Waals surface area contributed by atoms with Gasteiger partial charge >= 0.3 is 0 Å². The van der Waals surface area contributed by atoms with Crippen molar-refractivity contribution in [3.8, 4) is 0 Å². The predicted octanol–water partition coefficient (Wildman–Crippen LogP) is 1.90. The summed E-state index contributed by atoms with van der Waals surface area (Å²) in [5.41, 5.74) is 7.72. The summed E-state index contributed by atoms with van der Waals surface area (Å²) in [5.74, 6) is 0.389. The summed E-state index contributed by atoms with van der Waals surface area (Å²) in [5, 5.41) is 0. The van der Waals surface area contributed by atoms with E-state index in [2.05, 4.69) is 35.9 Å². The SMILES string of the molecule is CC(C)c1ccc(CN2CCC(C(N)=O)CC2)cn1. The number of carbonyl (C=O) groups is 1. The highest BCUT2D eigenvalue weighted by molar-refractivity contribution is 5.76. The molecule has 0 atom stereocenters. The highest BCUT2D eigenvalue weighted by atomic mass is 16.1. The normalized spacial score (nSPS) is 17.8. The van der Waals surface area contributed by atoms with E-state index in [4.69, 9.17) is 5.73 Å². The van der Waals surface area contributed by atoms with Gasteiger partial charge in [0.2, 0.25) is 5.91 Å². The third-order valence-corrected chi connectivity index (χ3v) is 3.84. The molecule has 0 aromatic carbocycles. The Morgan fingerprint density at radius 1 is 1.42 bits per heavy atom. The van der Waals surface area contributed by atoms with Crippen molar-refractivity contribution in [3.05, 3.63) is 29.6 Å². The first-order valence-corrected chi connectivity index (χ1v) is 7.02. The molecule has 0 unspecified atom stereocenters. The standard InChI is InChI=1S/C15H23N3O/c1-11(2)14-4-3-12(9-17-14)10-18-7-5-13(6-8-18)15(16)19/h3-4,9,11,13H,5-8,10H2,1-2H3,(H2,16,19). The van der Waals surface area contributed by atoms with Crippen LogP contribution < -0.4 is 5.73 Å². The third kappa shape index (κ3) is 3.77. The molecule has 2 rings (SSSR count). The number of aromatic nitrogens is 1. The van der Waals surface area contributed by atoms with Crippen molar-refractivity contribution in [2.75, 3.05) is 13.1 Å². The number of hydrogen-bond donors (Lipinski definition) is 1. The maximum absolute atomic E-state index is 11.1. The lowest BCUT2D eigenvalue weighted by Gasteiger charge is -2.30. The summed E-state index contributed by atoms with van der Waals surface area (Å²) >= 11 is 0. The zero-order valence-corrected chi connectivity index (χ0v) is 11.8. The maximum Gasteiger partial charge on any atom is 0.220 e. The van der Waals surface area contributed by atoms with Crippen LogP contribution in [0.15, 0.2) is 18.3 Å². The summed E-state index contributed by atoms with van der Waals surface area (Å²) < 4.78 is 0. The molecule has 0 aliphatic carbocycles. The van der Waals surface area contributed by atoms with E-state index < -0.39 is 0 Å². The quantitative estimate of drug-likeness (QED) is 0.900. The first-order valence-electron chi connectivity index (χ1n) is 7.02. The van der Waals surface area contributed by atoms with E-state index in [0.717, 1.165) is 38.2 Å². The molecule has 19 heavy (non-hydrogen) atoms. The zero-order valence-electron chi connectivity index (χ0n) is 11.8. The average Bonchev–Trinajstić information content (AvgIpc) is 2.40. The average molecular weight is 261 g/mol. The molecule has 4 heteroatoms. The van der Waals surface area contributed by atoms with Gasteiger partial charge in [-0.2, -0.15) is 0 Å². The van der Waals surface area contributed by atoms with Crippen LogP contribution in [0.3, 0.4) is 0 Å². The highest BCUT2D eigenvalue weighted by Crippen LogP contribution is 2.19. The van der Waals surface area contributed by atoms with E-state index in [0.29, 0.717) is 5.92 Å². The van der Waals surface area contributed by atoms with Crippen LogP contribution in [0.4, 0.5) is 0 Å². The molecule has 104 valence electrons. The number of likely N-dealkylation sites (tertiary alicyclic amines) is 1. The first-order chi connectivity index (χ1) is 9.06. The van der Waals surface area contributed by atoms with Crippen LogP contribution in [0, 0.1) is 5.92 Å². The van der Waals surface area contributed by atoms with Crippen molar-refractivity contribution in [2.45, 2.75) is 39.2 Å². The minimum atomic E-state index is -0.150. The molecule has 1 saturated heterocycles. The minimum Gasteiger partial charge on any atom is -0.369 e.